The summed E-state index contributed by atoms with van der Waals surface area (Å²) in [7, 11) is 0. The summed E-state index contributed by atoms with van der Waals surface area (Å²) < 4.78 is 0. The molecule has 6 nitrogen and oxygen atoms in total. The van der Waals surface area contributed by atoms with Crippen molar-refractivity contribution in [3.8, 4) is 17.5 Å². The van der Waals surface area contributed by atoms with E-state index < -0.39 is 11.5 Å². The fourth-order valence-electron chi connectivity index (χ4n) is 3.25. The first-order chi connectivity index (χ1) is 13.6. The Morgan fingerprint density at radius 3 is 2.71 bits per heavy atom. The van der Waals surface area contributed by atoms with E-state index in [1.807, 2.05) is 0 Å². The third-order valence-electron chi connectivity index (χ3n) is 4.67. The van der Waals surface area contributed by atoms with E-state index in [-0.39, 0.29) is 5.56 Å². The molecule has 28 heavy (non-hydrogen) atoms. The number of thiophene rings is 1. The third-order valence-corrected chi connectivity index (χ3v) is 6.13. The summed E-state index contributed by atoms with van der Waals surface area (Å²) in [4.78, 5) is 33.0. The highest BCUT2D eigenvalue weighted by Gasteiger charge is 2.23. The van der Waals surface area contributed by atoms with Gasteiger partial charge in [-0.2, -0.15) is 5.26 Å². The van der Waals surface area contributed by atoms with E-state index in [4.69, 9.17) is 11.6 Å². The number of amides is 1. The average molecular weight is 411 g/mol. The first-order valence-electron chi connectivity index (χ1n) is 8.78. The number of halogens is 1. The van der Waals surface area contributed by atoms with Crippen molar-refractivity contribution in [2.75, 3.05) is 5.32 Å². The summed E-state index contributed by atoms with van der Waals surface area (Å²) in [6.07, 6.45) is 5.14. The van der Waals surface area contributed by atoms with Crippen molar-refractivity contribution < 1.29 is 4.79 Å². The summed E-state index contributed by atoms with van der Waals surface area (Å²) in [6, 6.07) is 9.05. The SMILES string of the molecule is N#Cc1c(NC(=O)c2cnc(-c3ccc(Cl)cc3)[nH]c2=O)sc2c1CCCC2. The molecule has 0 saturated carbocycles. The molecule has 1 aliphatic carbocycles. The second-order valence-electron chi connectivity index (χ2n) is 6.46. The fourth-order valence-corrected chi connectivity index (χ4v) is 4.61. The highest BCUT2D eigenvalue weighted by molar-refractivity contribution is 7.16. The number of H-pyrrole nitrogens is 1. The minimum atomic E-state index is -0.577. The Morgan fingerprint density at radius 2 is 2.00 bits per heavy atom. The first kappa shape index (κ1) is 18.4. The number of carbonyl (C=O) groups is 1. The molecule has 1 aliphatic rings. The predicted octanol–water partition coefficient (Wildman–Crippen LogP) is 4.15. The van der Waals surface area contributed by atoms with Crippen LogP contribution in [0.25, 0.3) is 11.4 Å². The van der Waals surface area contributed by atoms with Crippen LogP contribution in [0.5, 0.6) is 0 Å². The molecular formula is C20H15ClN4O2S. The van der Waals surface area contributed by atoms with Crippen molar-refractivity contribution in [1.29, 1.82) is 5.26 Å². The summed E-state index contributed by atoms with van der Waals surface area (Å²) in [6.45, 7) is 0. The highest BCUT2D eigenvalue weighted by atomic mass is 35.5. The van der Waals surface area contributed by atoms with E-state index >= 15 is 0 Å². The van der Waals surface area contributed by atoms with Crippen LogP contribution in [0.2, 0.25) is 5.02 Å². The zero-order valence-electron chi connectivity index (χ0n) is 14.7. The Bertz CT molecular complexity index is 1160. The largest absolute Gasteiger partial charge is 0.312 e. The van der Waals surface area contributed by atoms with Crippen LogP contribution in [0.3, 0.4) is 0 Å². The van der Waals surface area contributed by atoms with Crippen LogP contribution in [0, 0.1) is 11.3 Å². The molecule has 4 rings (SSSR count). The summed E-state index contributed by atoms with van der Waals surface area (Å²) in [5.74, 6) is -0.228. The molecule has 0 atom stereocenters. The summed E-state index contributed by atoms with van der Waals surface area (Å²) in [5.41, 5.74) is 1.57. The van der Waals surface area contributed by atoms with Gasteiger partial charge in [-0.1, -0.05) is 11.6 Å². The molecule has 2 N–H and O–H groups in total. The van der Waals surface area contributed by atoms with Crippen LogP contribution in [0.4, 0.5) is 5.00 Å². The number of fused-ring (bicyclic) bond motifs is 1. The van der Waals surface area contributed by atoms with Gasteiger partial charge in [0.2, 0.25) is 0 Å². The molecule has 3 aromatic rings. The lowest BCUT2D eigenvalue weighted by molar-refractivity contribution is 0.102. The zero-order valence-corrected chi connectivity index (χ0v) is 16.3. The normalized spacial score (nSPS) is 12.9. The molecule has 0 fully saturated rings. The van der Waals surface area contributed by atoms with E-state index in [0.29, 0.717) is 27.0 Å². The van der Waals surface area contributed by atoms with Gasteiger partial charge in [-0.15, -0.1) is 11.3 Å². The quantitative estimate of drug-likeness (QED) is 0.677. The number of hydrogen-bond acceptors (Lipinski definition) is 5. The van der Waals surface area contributed by atoms with E-state index in [2.05, 4.69) is 21.4 Å². The van der Waals surface area contributed by atoms with Crippen LogP contribution < -0.4 is 10.9 Å². The Morgan fingerprint density at radius 1 is 1.25 bits per heavy atom. The van der Waals surface area contributed by atoms with Gasteiger partial charge in [-0.3, -0.25) is 9.59 Å². The number of rotatable bonds is 3. The second-order valence-corrected chi connectivity index (χ2v) is 8.00. The number of nitriles is 1. The minimum Gasteiger partial charge on any atom is -0.312 e. The third kappa shape index (κ3) is 3.44. The van der Waals surface area contributed by atoms with E-state index in [1.54, 1.807) is 24.3 Å². The number of carbonyl (C=O) groups excluding carboxylic acids is 1. The maximum Gasteiger partial charge on any atom is 0.264 e. The van der Waals surface area contributed by atoms with Crippen LogP contribution in [0.1, 0.15) is 39.2 Å². The van der Waals surface area contributed by atoms with Crippen molar-refractivity contribution in [2.45, 2.75) is 25.7 Å². The number of nitrogens with zero attached hydrogens (tertiary/aromatic N) is 2. The molecular weight excluding hydrogens is 396 g/mol. The summed E-state index contributed by atoms with van der Waals surface area (Å²) in [5, 5.41) is 13.3. The van der Waals surface area contributed by atoms with Crippen LogP contribution in [0.15, 0.2) is 35.3 Å². The van der Waals surface area contributed by atoms with E-state index in [0.717, 1.165) is 36.1 Å². The van der Waals surface area contributed by atoms with Crippen molar-refractivity contribution in [1.82, 2.24) is 9.97 Å². The van der Waals surface area contributed by atoms with Gasteiger partial charge in [-0.25, -0.2) is 4.98 Å². The highest BCUT2D eigenvalue weighted by Crippen LogP contribution is 2.37. The molecule has 8 heteroatoms. The number of anilines is 1. The summed E-state index contributed by atoms with van der Waals surface area (Å²) >= 11 is 7.29. The van der Waals surface area contributed by atoms with Crippen molar-refractivity contribution in [3.05, 3.63) is 67.4 Å². The van der Waals surface area contributed by atoms with E-state index in [1.165, 1.54) is 17.5 Å². The van der Waals surface area contributed by atoms with Gasteiger partial charge in [0, 0.05) is 21.7 Å². The Kier molecular flexibility index (Phi) is 4.99. The maximum absolute atomic E-state index is 12.6. The molecule has 1 aromatic carbocycles. The lowest BCUT2D eigenvalue weighted by Gasteiger charge is -2.09. The molecule has 0 radical (unpaired) electrons. The minimum absolute atomic E-state index is 0.104. The predicted molar refractivity (Wildman–Crippen MR) is 109 cm³/mol. The molecule has 0 spiro atoms. The van der Waals surface area contributed by atoms with Gasteiger partial charge in [0.05, 0.1) is 5.56 Å². The van der Waals surface area contributed by atoms with Crippen molar-refractivity contribution in [2.24, 2.45) is 0 Å². The monoisotopic (exact) mass is 410 g/mol. The van der Waals surface area contributed by atoms with Gasteiger partial charge >= 0.3 is 0 Å². The second kappa shape index (κ2) is 7.58. The zero-order chi connectivity index (χ0) is 19.7. The van der Waals surface area contributed by atoms with Gasteiger partial charge < -0.3 is 10.3 Å². The topological polar surface area (TPSA) is 98.6 Å². The molecule has 0 aliphatic heterocycles. The number of benzene rings is 1. The number of nitrogens with one attached hydrogen (secondary N) is 2. The molecule has 1 amide bonds. The smallest absolute Gasteiger partial charge is 0.264 e. The number of aryl methyl sites for hydroxylation is 1. The number of aromatic amines is 1. The Balaban J connectivity index is 1.61. The van der Waals surface area contributed by atoms with Crippen LogP contribution >= 0.6 is 22.9 Å². The molecule has 0 bridgehead atoms. The van der Waals surface area contributed by atoms with Crippen LogP contribution in [-0.4, -0.2) is 15.9 Å². The van der Waals surface area contributed by atoms with E-state index in [9.17, 15) is 14.9 Å². The van der Waals surface area contributed by atoms with Gasteiger partial charge in [0.1, 0.15) is 22.5 Å². The van der Waals surface area contributed by atoms with Crippen molar-refractivity contribution in [3.63, 3.8) is 0 Å². The number of hydrogen-bond donors (Lipinski definition) is 2. The Labute approximate surface area is 169 Å². The standard InChI is InChI=1S/C20H15ClN4O2S/c21-12-7-5-11(6-8-12)17-23-10-15(18(26)24-17)19(27)25-20-14(9-22)13-3-1-2-4-16(13)28-20/h5-8,10H,1-4H2,(H,25,27)(H,23,24,26). The Hall–Kier alpha value is -2.95. The van der Waals surface area contributed by atoms with Gasteiger partial charge in [0.25, 0.3) is 11.5 Å². The number of aromatic nitrogens is 2. The fraction of sp³-hybridized carbons (Fsp3) is 0.200. The molecule has 0 saturated heterocycles. The first-order valence-corrected chi connectivity index (χ1v) is 9.97. The molecule has 2 aromatic heterocycles. The maximum atomic E-state index is 12.6. The molecule has 0 unspecified atom stereocenters. The van der Waals surface area contributed by atoms with Gasteiger partial charge in [-0.05, 0) is 55.5 Å². The van der Waals surface area contributed by atoms with Crippen LogP contribution in [-0.2, 0) is 12.8 Å². The van der Waals surface area contributed by atoms with Gasteiger partial charge in [0.15, 0.2) is 0 Å². The lowest BCUT2D eigenvalue weighted by Crippen LogP contribution is -2.24. The van der Waals surface area contributed by atoms with Crippen molar-refractivity contribution >= 4 is 33.8 Å². The lowest BCUT2D eigenvalue weighted by atomic mass is 9.96. The molecule has 2 heterocycles. The average Bonchev–Trinajstić information content (AvgIpc) is 3.05. The molecule has 140 valence electrons.